The number of hydrogen-bond donors (Lipinski definition) is 3. The molecule has 3 rings (SSSR count). The number of aromatic nitrogens is 2. The minimum absolute atomic E-state index is 0.106. The van der Waals surface area contributed by atoms with Gasteiger partial charge in [-0.15, -0.1) is 0 Å². The van der Waals surface area contributed by atoms with Gasteiger partial charge >= 0.3 is 12.2 Å². The third-order valence-electron chi connectivity index (χ3n) is 4.89. The van der Waals surface area contributed by atoms with Crippen molar-refractivity contribution in [2.75, 3.05) is 18.4 Å². The molecule has 2 amide bonds. The summed E-state index contributed by atoms with van der Waals surface area (Å²) < 4.78 is 52.3. The summed E-state index contributed by atoms with van der Waals surface area (Å²) in [5.74, 6) is -0.942. The number of rotatable bonds is 5. The molecule has 7 nitrogen and oxygen atoms in total. The molecule has 0 spiro atoms. The number of halogens is 4. The highest BCUT2D eigenvalue weighted by atomic mass is 19.4. The van der Waals surface area contributed by atoms with Crippen molar-refractivity contribution in [3.05, 3.63) is 52.6 Å². The number of nitrogens with one attached hydrogen (secondary N) is 2. The van der Waals surface area contributed by atoms with Crippen LogP contribution in [-0.2, 0) is 19.1 Å². The van der Waals surface area contributed by atoms with Crippen molar-refractivity contribution >= 4 is 12.0 Å². The molecule has 0 aliphatic carbocycles. The third-order valence-corrected chi connectivity index (χ3v) is 4.89. The topological polar surface area (TPSA) is 96.2 Å². The van der Waals surface area contributed by atoms with E-state index < -0.39 is 29.6 Å². The second kappa shape index (κ2) is 9.04. The first-order valence-corrected chi connectivity index (χ1v) is 9.82. The van der Waals surface area contributed by atoms with Crippen molar-refractivity contribution in [1.82, 2.24) is 20.2 Å². The summed E-state index contributed by atoms with van der Waals surface area (Å²) in [7, 11) is 0. The highest BCUT2D eigenvalue weighted by molar-refractivity contribution is 5.75. The molecule has 0 bridgehead atoms. The van der Waals surface area contributed by atoms with Crippen LogP contribution in [0.4, 0.5) is 28.3 Å². The maximum atomic E-state index is 13.9. The average molecular weight is 440 g/mol. The number of nitrogens with two attached hydrogens (primary N) is 1. The fourth-order valence-electron chi connectivity index (χ4n) is 3.30. The molecular formula is C20H24F4N6O. The van der Waals surface area contributed by atoms with E-state index in [-0.39, 0.29) is 24.7 Å². The predicted octanol–water partition coefficient (Wildman–Crippen LogP) is 3.22. The summed E-state index contributed by atoms with van der Waals surface area (Å²) in [5.41, 5.74) is 6.14. The number of alkyl halides is 3. The third kappa shape index (κ3) is 5.40. The second-order valence-electron chi connectivity index (χ2n) is 7.61. The molecular weight excluding hydrogens is 416 g/mol. The van der Waals surface area contributed by atoms with E-state index in [0.29, 0.717) is 30.7 Å². The number of hydrogen-bond acceptors (Lipinski definition) is 5. The Bertz CT molecular complexity index is 950. The summed E-state index contributed by atoms with van der Waals surface area (Å²) in [6.45, 7) is 4.47. The number of urea groups is 1. The number of benzene rings is 1. The molecule has 0 saturated carbocycles. The van der Waals surface area contributed by atoms with Gasteiger partial charge in [0.05, 0.1) is 23.8 Å². The fourth-order valence-corrected chi connectivity index (χ4v) is 3.30. The number of carbonyl (C=O) groups is 1. The molecule has 1 aromatic heterocycles. The van der Waals surface area contributed by atoms with Gasteiger partial charge in [0.25, 0.3) is 0 Å². The lowest BCUT2D eigenvalue weighted by Gasteiger charge is -2.30. The first kappa shape index (κ1) is 22.7. The van der Waals surface area contributed by atoms with Crippen LogP contribution in [-0.4, -0.2) is 40.0 Å². The van der Waals surface area contributed by atoms with Gasteiger partial charge in [-0.1, -0.05) is 6.07 Å². The van der Waals surface area contributed by atoms with Crippen LogP contribution >= 0.6 is 0 Å². The van der Waals surface area contributed by atoms with E-state index in [4.69, 9.17) is 5.73 Å². The highest BCUT2D eigenvalue weighted by Crippen LogP contribution is 2.32. The summed E-state index contributed by atoms with van der Waals surface area (Å²) in [6, 6.07) is 1.37. The zero-order chi connectivity index (χ0) is 22.8. The zero-order valence-electron chi connectivity index (χ0n) is 17.1. The van der Waals surface area contributed by atoms with Crippen LogP contribution in [0.15, 0.2) is 24.4 Å². The number of fused-ring (bicyclic) bond motifs is 1. The Balaban J connectivity index is 1.71. The molecule has 1 atom stereocenters. The Morgan fingerprint density at radius 3 is 2.68 bits per heavy atom. The van der Waals surface area contributed by atoms with Gasteiger partial charge < -0.3 is 21.3 Å². The molecule has 0 fully saturated rings. The summed E-state index contributed by atoms with van der Waals surface area (Å²) in [4.78, 5) is 23.0. The van der Waals surface area contributed by atoms with E-state index in [1.54, 1.807) is 6.20 Å². The number of anilines is 1. The molecule has 1 aliphatic rings. The van der Waals surface area contributed by atoms with Crippen LogP contribution in [0.25, 0.3) is 0 Å². The lowest BCUT2D eigenvalue weighted by Crippen LogP contribution is -2.45. The summed E-state index contributed by atoms with van der Waals surface area (Å²) in [5, 5.41) is 5.78. The normalized spacial score (nSPS) is 14.9. The van der Waals surface area contributed by atoms with Crippen LogP contribution in [0.5, 0.6) is 0 Å². The molecule has 0 saturated heterocycles. The molecule has 168 valence electrons. The SMILES string of the molecule is CC(C)Nc1ncc2c(n1)CN(C(=O)N[C@H](CN)c1ccc(C(F)(F)F)c(F)c1)CC2. The Morgan fingerprint density at radius 1 is 1.32 bits per heavy atom. The van der Waals surface area contributed by atoms with Crippen molar-refractivity contribution < 1.29 is 22.4 Å². The van der Waals surface area contributed by atoms with Gasteiger partial charge in [-0.05, 0) is 43.5 Å². The minimum atomic E-state index is -4.80. The first-order chi connectivity index (χ1) is 14.6. The van der Waals surface area contributed by atoms with Crippen LogP contribution in [0.2, 0.25) is 0 Å². The number of nitrogens with zero attached hydrogens (tertiary/aromatic N) is 3. The maximum absolute atomic E-state index is 13.9. The van der Waals surface area contributed by atoms with Crippen LogP contribution in [0.3, 0.4) is 0 Å². The van der Waals surface area contributed by atoms with Gasteiger partial charge in [-0.25, -0.2) is 19.2 Å². The summed E-state index contributed by atoms with van der Waals surface area (Å²) in [6.07, 6.45) is -2.50. The highest BCUT2D eigenvalue weighted by Gasteiger charge is 2.34. The lowest BCUT2D eigenvalue weighted by molar-refractivity contribution is -0.140. The first-order valence-electron chi connectivity index (χ1n) is 9.82. The Labute approximate surface area is 177 Å². The quantitative estimate of drug-likeness (QED) is 0.621. The minimum Gasteiger partial charge on any atom is -0.352 e. The Hall–Kier alpha value is -2.95. The molecule has 0 unspecified atom stereocenters. The van der Waals surface area contributed by atoms with E-state index in [1.165, 1.54) is 4.90 Å². The smallest absolute Gasteiger partial charge is 0.352 e. The number of amides is 2. The van der Waals surface area contributed by atoms with E-state index in [2.05, 4.69) is 20.6 Å². The predicted molar refractivity (Wildman–Crippen MR) is 107 cm³/mol. The maximum Gasteiger partial charge on any atom is 0.419 e. The molecule has 4 N–H and O–H groups in total. The fraction of sp³-hybridized carbons (Fsp3) is 0.450. The zero-order valence-corrected chi connectivity index (χ0v) is 17.1. The second-order valence-corrected chi connectivity index (χ2v) is 7.61. The van der Waals surface area contributed by atoms with E-state index >= 15 is 0 Å². The summed E-state index contributed by atoms with van der Waals surface area (Å²) >= 11 is 0. The van der Waals surface area contributed by atoms with Gasteiger partial charge in [-0.2, -0.15) is 13.2 Å². The van der Waals surface area contributed by atoms with E-state index in [1.807, 2.05) is 13.8 Å². The molecule has 2 aromatic rings. The molecule has 31 heavy (non-hydrogen) atoms. The largest absolute Gasteiger partial charge is 0.419 e. The van der Waals surface area contributed by atoms with Crippen molar-refractivity contribution in [2.45, 2.75) is 45.1 Å². The van der Waals surface area contributed by atoms with E-state index in [0.717, 1.165) is 17.7 Å². The van der Waals surface area contributed by atoms with Gasteiger partial charge in [0.15, 0.2) is 0 Å². The van der Waals surface area contributed by atoms with Crippen LogP contribution in [0.1, 0.15) is 42.3 Å². The monoisotopic (exact) mass is 440 g/mol. The van der Waals surface area contributed by atoms with E-state index in [9.17, 15) is 22.4 Å². The van der Waals surface area contributed by atoms with Crippen molar-refractivity contribution in [3.63, 3.8) is 0 Å². The van der Waals surface area contributed by atoms with Crippen molar-refractivity contribution in [3.8, 4) is 0 Å². The van der Waals surface area contributed by atoms with Gasteiger partial charge in [0, 0.05) is 25.3 Å². The average Bonchev–Trinajstić information content (AvgIpc) is 2.69. The van der Waals surface area contributed by atoms with Crippen LogP contribution in [0, 0.1) is 5.82 Å². The lowest BCUT2D eigenvalue weighted by atomic mass is 10.0. The molecule has 2 heterocycles. The molecule has 11 heteroatoms. The Morgan fingerprint density at radius 2 is 2.06 bits per heavy atom. The molecule has 0 radical (unpaired) electrons. The van der Waals surface area contributed by atoms with Gasteiger partial charge in [0.1, 0.15) is 5.82 Å². The standard InChI is InChI=1S/C20H24F4N6O/c1-11(2)27-18-26-9-13-5-6-30(10-17(13)28-18)19(31)29-16(8-25)12-3-4-14(15(21)7-12)20(22,23)24/h3-4,7,9,11,16H,5-6,8,10,25H2,1-2H3,(H,29,31)(H,26,27,28)/t16-/m1/s1. The Kier molecular flexibility index (Phi) is 6.63. The van der Waals surface area contributed by atoms with Crippen LogP contribution < -0.4 is 16.4 Å². The molecule has 1 aromatic carbocycles. The molecule has 1 aliphatic heterocycles. The van der Waals surface area contributed by atoms with Crippen molar-refractivity contribution in [2.24, 2.45) is 5.73 Å². The van der Waals surface area contributed by atoms with Gasteiger partial charge in [0.2, 0.25) is 5.95 Å². The van der Waals surface area contributed by atoms with Gasteiger partial charge in [-0.3, -0.25) is 0 Å². The van der Waals surface area contributed by atoms with Crippen molar-refractivity contribution in [1.29, 1.82) is 0 Å². The number of carbonyl (C=O) groups excluding carboxylic acids is 1.